The molecule has 1 amide bonds. The molecule has 0 saturated heterocycles. The van der Waals surface area contributed by atoms with Crippen LogP contribution < -0.4 is 0 Å². The third-order valence-corrected chi connectivity index (χ3v) is 5.90. The molecule has 0 radical (unpaired) electrons. The smallest absolute Gasteiger partial charge is 0.345 e. The number of nitrogens with zero attached hydrogens (tertiary/aromatic N) is 5. The maximum Gasteiger partial charge on any atom is 0.451 e. The van der Waals surface area contributed by atoms with Gasteiger partial charge in [0.15, 0.2) is 5.82 Å². The Morgan fingerprint density at radius 2 is 1.93 bits per heavy atom. The van der Waals surface area contributed by atoms with Crippen molar-refractivity contribution in [2.45, 2.75) is 53.0 Å². The summed E-state index contributed by atoms with van der Waals surface area (Å²) in [6, 6.07) is 4.99. The Morgan fingerprint density at radius 3 is 2.59 bits per heavy atom. The van der Waals surface area contributed by atoms with Crippen LogP contribution in [0.2, 0.25) is 0 Å². The fraction of sp³-hybridized carbons (Fsp3) is 0.450. The molecular formula is C20H22F3N5O. The van der Waals surface area contributed by atoms with Gasteiger partial charge in [0.25, 0.3) is 5.91 Å². The van der Waals surface area contributed by atoms with Gasteiger partial charge in [-0.05, 0) is 51.5 Å². The molecule has 9 heteroatoms. The molecule has 6 nitrogen and oxygen atoms in total. The Labute approximate surface area is 165 Å². The lowest BCUT2D eigenvalue weighted by molar-refractivity contribution is -0.148. The number of aryl methyl sites for hydroxylation is 2. The molecule has 1 aliphatic heterocycles. The molecule has 3 aromatic rings. The van der Waals surface area contributed by atoms with Crippen molar-refractivity contribution in [3.8, 4) is 0 Å². The lowest BCUT2D eigenvalue weighted by Gasteiger charge is -2.34. The number of carbonyl (C=O) groups is 1. The summed E-state index contributed by atoms with van der Waals surface area (Å²) in [6.45, 7) is 8.86. The van der Waals surface area contributed by atoms with E-state index in [2.05, 4.69) is 28.6 Å². The highest BCUT2D eigenvalue weighted by Crippen LogP contribution is 2.34. The zero-order chi connectivity index (χ0) is 21.1. The highest BCUT2D eigenvalue weighted by molar-refractivity contribution is 5.99. The highest BCUT2D eigenvalue weighted by atomic mass is 19.4. The van der Waals surface area contributed by atoms with Crippen LogP contribution in [0.4, 0.5) is 13.2 Å². The van der Waals surface area contributed by atoms with Gasteiger partial charge in [-0.25, -0.2) is 0 Å². The number of carbonyl (C=O) groups excluding carboxylic acids is 1. The van der Waals surface area contributed by atoms with E-state index in [1.54, 1.807) is 17.9 Å². The van der Waals surface area contributed by atoms with Crippen molar-refractivity contribution in [1.82, 2.24) is 24.2 Å². The average molecular weight is 405 g/mol. The molecule has 0 fully saturated rings. The van der Waals surface area contributed by atoms with E-state index in [-0.39, 0.29) is 24.8 Å². The number of aromatic nitrogens is 4. The van der Waals surface area contributed by atoms with Gasteiger partial charge < -0.3 is 14.0 Å². The predicted octanol–water partition coefficient (Wildman–Crippen LogP) is 4.11. The largest absolute Gasteiger partial charge is 0.451 e. The summed E-state index contributed by atoms with van der Waals surface area (Å²) < 4.78 is 42.6. The summed E-state index contributed by atoms with van der Waals surface area (Å²) >= 11 is 0. The van der Waals surface area contributed by atoms with Gasteiger partial charge in [0.05, 0.1) is 6.04 Å². The summed E-state index contributed by atoms with van der Waals surface area (Å²) in [4.78, 5) is 14.7. The van der Waals surface area contributed by atoms with E-state index in [4.69, 9.17) is 0 Å². The van der Waals surface area contributed by atoms with Gasteiger partial charge in [-0.3, -0.25) is 4.79 Å². The van der Waals surface area contributed by atoms with E-state index in [1.165, 1.54) is 0 Å². The van der Waals surface area contributed by atoms with Crippen molar-refractivity contribution < 1.29 is 18.0 Å². The molecule has 1 aliphatic rings. The fourth-order valence-electron chi connectivity index (χ4n) is 4.23. The molecule has 3 heterocycles. The minimum atomic E-state index is -4.57. The normalized spacial score (nSPS) is 17.1. The van der Waals surface area contributed by atoms with Crippen LogP contribution >= 0.6 is 0 Å². The van der Waals surface area contributed by atoms with E-state index in [0.717, 1.165) is 33.3 Å². The van der Waals surface area contributed by atoms with E-state index in [9.17, 15) is 18.0 Å². The van der Waals surface area contributed by atoms with E-state index >= 15 is 0 Å². The van der Waals surface area contributed by atoms with Crippen LogP contribution in [-0.2, 0) is 19.3 Å². The van der Waals surface area contributed by atoms with Crippen LogP contribution in [0.1, 0.15) is 53.2 Å². The number of alkyl halides is 3. The number of halogens is 3. The Balaban J connectivity index is 1.69. The lowest BCUT2D eigenvalue weighted by atomic mass is 10.1. The summed E-state index contributed by atoms with van der Waals surface area (Å²) in [5, 5.41) is 8.04. The van der Waals surface area contributed by atoms with Gasteiger partial charge in [-0.1, -0.05) is 0 Å². The van der Waals surface area contributed by atoms with Crippen LogP contribution in [0.3, 0.4) is 0 Å². The quantitative estimate of drug-likeness (QED) is 0.645. The van der Waals surface area contributed by atoms with Gasteiger partial charge in [-0.15, -0.1) is 10.2 Å². The third kappa shape index (κ3) is 2.90. The van der Waals surface area contributed by atoms with Crippen molar-refractivity contribution in [2.75, 3.05) is 6.54 Å². The SMILES string of the molecule is CCn1c(C)c(C)c2cc(C(=O)N3CCn4c(nnc4C(F)(F)F)C3C)ccc21. The summed E-state index contributed by atoms with van der Waals surface area (Å²) in [7, 11) is 0. The molecule has 1 atom stereocenters. The first-order valence-corrected chi connectivity index (χ1v) is 9.55. The summed E-state index contributed by atoms with van der Waals surface area (Å²) in [5.41, 5.74) is 3.87. The fourth-order valence-corrected chi connectivity index (χ4v) is 4.23. The van der Waals surface area contributed by atoms with Gasteiger partial charge in [0, 0.05) is 41.8 Å². The molecule has 4 rings (SSSR count). The monoisotopic (exact) mass is 405 g/mol. The highest BCUT2D eigenvalue weighted by Gasteiger charge is 2.41. The predicted molar refractivity (Wildman–Crippen MR) is 102 cm³/mol. The van der Waals surface area contributed by atoms with Gasteiger partial charge in [-0.2, -0.15) is 13.2 Å². The van der Waals surface area contributed by atoms with E-state index in [0.29, 0.717) is 5.56 Å². The second kappa shape index (κ2) is 6.60. The zero-order valence-corrected chi connectivity index (χ0v) is 16.7. The molecule has 154 valence electrons. The number of hydrogen-bond acceptors (Lipinski definition) is 3. The second-order valence-electron chi connectivity index (χ2n) is 7.39. The maximum atomic E-state index is 13.2. The maximum absolute atomic E-state index is 13.2. The number of rotatable bonds is 2. The van der Waals surface area contributed by atoms with Gasteiger partial charge in [0.1, 0.15) is 0 Å². The van der Waals surface area contributed by atoms with Crippen molar-refractivity contribution in [3.05, 3.63) is 46.7 Å². The minimum absolute atomic E-state index is 0.0137. The molecule has 0 N–H and O–H groups in total. The number of amides is 1. The van der Waals surface area contributed by atoms with Crippen molar-refractivity contribution in [1.29, 1.82) is 0 Å². The Hall–Kier alpha value is -2.84. The second-order valence-corrected chi connectivity index (χ2v) is 7.39. The summed E-state index contributed by atoms with van der Waals surface area (Å²) in [6.07, 6.45) is -4.57. The van der Waals surface area contributed by atoms with E-state index in [1.807, 2.05) is 19.1 Å². The first kappa shape index (κ1) is 19.5. The number of hydrogen-bond donors (Lipinski definition) is 0. The summed E-state index contributed by atoms with van der Waals surface area (Å²) in [5.74, 6) is -1.08. The molecular weight excluding hydrogens is 383 g/mol. The third-order valence-electron chi connectivity index (χ3n) is 5.90. The topological polar surface area (TPSA) is 56.0 Å². The molecule has 0 saturated carbocycles. The molecule has 2 aromatic heterocycles. The Kier molecular flexibility index (Phi) is 4.43. The molecule has 1 unspecified atom stereocenters. The molecule has 29 heavy (non-hydrogen) atoms. The van der Waals surface area contributed by atoms with Gasteiger partial charge in [0.2, 0.25) is 5.82 Å². The van der Waals surface area contributed by atoms with Crippen LogP contribution in [-0.4, -0.2) is 36.7 Å². The molecule has 0 aliphatic carbocycles. The first-order valence-electron chi connectivity index (χ1n) is 9.55. The van der Waals surface area contributed by atoms with Crippen LogP contribution in [0.25, 0.3) is 10.9 Å². The lowest BCUT2D eigenvalue weighted by Crippen LogP contribution is -2.42. The van der Waals surface area contributed by atoms with Crippen LogP contribution in [0, 0.1) is 13.8 Å². The standard InChI is InChI=1S/C20H22F3N5O/c1-5-26-12(3)11(2)15-10-14(6-7-16(15)26)18(29)27-8-9-28-17(13(27)4)24-25-19(28)20(21,22)23/h6-7,10,13H,5,8-9H2,1-4H3. The van der Waals surface area contributed by atoms with Gasteiger partial charge >= 0.3 is 6.18 Å². The Bertz CT molecular complexity index is 1110. The Morgan fingerprint density at radius 1 is 1.21 bits per heavy atom. The molecule has 1 aromatic carbocycles. The zero-order valence-electron chi connectivity index (χ0n) is 16.7. The van der Waals surface area contributed by atoms with Crippen molar-refractivity contribution in [2.24, 2.45) is 0 Å². The average Bonchev–Trinajstić information content (AvgIpc) is 3.22. The molecule has 0 bridgehead atoms. The van der Waals surface area contributed by atoms with Crippen LogP contribution in [0.15, 0.2) is 18.2 Å². The first-order chi connectivity index (χ1) is 13.6. The van der Waals surface area contributed by atoms with Crippen molar-refractivity contribution >= 4 is 16.8 Å². The molecule has 0 spiro atoms. The number of fused-ring (bicyclic) bond motifs is 2. The van der Waals surface area contributed by atoms with E-state index < -0.39 is 18.0 Å². The minimum Gasteiger partial charge on any atom is -0.345 e. The van der Waals surface area contributed by atoms with Crippen molar-refractivity contribution in [3.63, 3.8) is 0 Å². The van der Waals surface area contributed by atoms with Crippen LogP contribution in [0.5, 0.6) is 0 Å². The number of benzene rings is 1.